The number of benzene rings is 2. The molecular formula is C20H22FN3O5S. The molecule has 1 saturated heterocycles. The molecule has 1 N–H and O–H groups in total. The molecule has 0 saturated carbocycles. The Hall–Kier alpha value is -2.85. The van der Waals surface area contributed by atoms with Gasteiger partial charge in [0.1, 0.15) is 5.82 Å². The minimum atomic E-state index is -3.53. The molecule has 2 aromatic rings. The average molecular weight is 435 g/mol. The molecule has 160 valence electrons. The Labute approximate surface area is 173 Å². The van der Waals surface area contributed by atoms with Crippen molar-refractivity contribution in [1.82, 2.24) is 9.62 Å². The van der Waals surface area contributed by atoms with Gasteiger partial charge in [-0.15, -0.1) is 0 Å². The number of piperidine rings is 1. The van der Waals surface area contributed by atoms with E-state index >= 15 is 0 Å². The zero-order valence-corrected chi connectivity index (χ0v) is 17.2. The van der Waals surface area contributed by atoms with E-state index in [-0.39, 0.29) is 22.6 Å². The predicted octanol–water partition coefficient (Wildman–Crippen LogP) is 3.15. The highest BCUT2D eigenvalue weighted by molar-refractivity contribution is 7.89. The van der Waals surface area contributed by atoms with E-state index in [1.165, 1.54) is 23.4 Å². The first-order valence-electron chi connectivity index (χ1n) is 9.52. The van der Waals surface area contributed by atoms with E-state index < -0.39 is 32.4 Å². The molecule has 0 radical (unpaired) electrons. The first-order chi connectivity index (χ1) is 14.2. The Morgan fingerprint density at radius 1 is 1.17 bits per heavy atom. The highest BCUT2D eigenvalue weighted by Gasteiger charge is 2.25. The van der Waals surface area contributed by atoms with Gasteiger partial charge in [-0.1, -0.05) is 18.6 Å². The number of nitro groups is 1. The van der Waals surface area contributed by atoms with Crippen LogP contribution in [-0.4, -0.2) is 36.6 Å². The van der Waals surface area contributed by atoms with Gasteiger partial charge in [0.25, 0.3) is 11.6 Å². The fourth-order valence-corrected chi connectivity index (χ4v) is 4.82. The number of nitro benzene ring substituents is 1. The quantitative estimate of drug-likeness (QED) is 0.554. The van der Waals surface area contributed by atoms with E-state index in [0.717, 1.165) is 31.4 Å². The third kappa shape index (κ3) is 4.65. The van der Waals surface area contributed by atoms with Crippen molar-refractivity contribution < 1.29 is 22.5 Å². The summed E-state index contributed by atoms with van der Waals surface area (Å²) in [5.41, 5.74) is -0.119. The van der Waals surface area contributed by atoms with E-state index in [1.54, 1.807) is 12.1 Å². The predicted molar refractivity (Wildman–Crippen MR) is 108 cm³/mol. The summed E-state index contributed by atoms with van der Waals surface area (Å²) in [5.74, 6) is -1.50. The lowest BCUT2D eigenvalue weighted by Crippen LogP contribution is -2.35. The summed E-state index contributed by atoms with van der Waals surface area (Å²) < 4.78 is 40.7. The summed E-state index contributed by atoms with van der Waals surface area (Å²) in [6.07, 6.45) is 2.72. The molecule has 1 aliphatic rings. The van der Waals surface area contributed by atoms with E-state index in [0.29, 0.717) is 18.7 Å². The Bertz CT molecular complexity index is 1060. The molecule has 30 heavy (non-hydrogen) atoms. The van der Waals surface area contributed by atoms with E-state index in [1.807, 2.05) is 0 Å². The number of nitrogens with one attached hydrogen (secondary N) is 1. The molecule has 0 spiro atoms. The normalized spacial score (nSPS) is 15.0. The number of hydrogen-bond acceptors (Lipinski definition) is 5. The largest absolute Gasteiger partial charge is 0.348 e. The number of nitrogens with zero attached hydrogens (tertiary/aromatic N) is 2. The molecule has 1 aliphatic heterocycles. The van der Waals surface area contributed by atoms with Crippen LogP contribution >= 0.6 is 0 Å². The standard InChI is InChI=1S/C20H22FN3O5S/c1-14-18(21)11-16(12-19(14)24(26)27)20(25)22-13-15-5-7-17(8-6-15)30(28,29)23-9-3-2-4-10-23/h5-8,11-12H,2-4,9-10,13H2,1H3,(H,22,25). The van der Waals surface area contributed by atoms with E-state index in [9.17, 15) is 27.7 Å². The SMILES string of the molecule is Cc1c(F)cc(C(=O)NCc2ccc(S(=O)(=O)N3CCCCC3)cc2)cc1[N+](=O)[O-]. The molecule has 3 rings (SSSR count). The van der Waals surface area contributed by atoms with Crippen LogP contribution in [0.5, 0.6) is 0 Å². The molecule has 1 heterocycles. The molecule has 0 unspecified atom stereocenters. The van der Waals surface area contributed by atoms with Crippen molar-refractivity contribution in [2.75, 3.05) is 13.1 Å². The maximum atomic E-state index is 13.9. The smallest absolute Gasteiger partial charge is 0.276 e. The number of rotatable bonds is 6. The number of amides is 1. The third-order valence-electron chi connectivity index (χ3n) is 5.11. The summed E-state index contributed by atoms with van der Waals surface area (Å²) in [7, 11) is -3.53. The molecule has 1 amide bonds. The Morgan fingerprint density at radius 2 is 1.80 bits per heavy atom. The summed E-state index contributed by atoms with van der Waals surface area (Å²) in [6, 6.07) is 8.14. The van der Waals surface area contributed by atoms with Crippen LogP contribution < -0.4 is 5.32 Å². The molecule has 0 atom stereocenters. The summed E-state index contributed by atoms with van der Waals surface area (Å²) >= 11 is 0. The van der Waals surface area contributed by atoms with Crippen molar-refractivity contribution in [3.63, 3.8) is 0 Å². The lowest BCUT2D eigenvalue weighted by Gasteiger charge is -2.25. The zero-order chi connectivity index (χ0) is 21.9. The van der Waals surface area contributed by atoms with Crippen molar-refractivity contribution in [3.05, 3.63) is 69.0 Å². The van der Waals surface area contributed by atoms with Crippen molar-refractivity contribution in [3.8, 4) is 0 Å². The molecule has 2 aromatic carbocycles. The second-order valence-electron chi connectivity index (χ2n) is 7.15. The van der Waals surface area contributed by atoms with E-state index in [4.69, 9.17) is 0 Å². The molecular weight excluding hydrogens is 413 g/mol. The Morgan fingerprint density at radius 3 is 2.40 bits per heavy atom. The Balaban J connectivity index is 1.68. The summed E-state index contributed by atoms with van der Waals surface area (Å²) in [6.45, 7) is 2.36. The van der Waals surface area contributed by atoms with Gasteiger partial charge in [0.2, 0.25) is 10.0 Å². The number of carbonyl (C=O) groups is 1. The van der Waals surface area contributed by atoms with Crippen LogP contribution in [0.2, 0.25) is 0 Å². The number of carbonyl (C=O) groups excluding carboxylic acids is 1. The van der Waals surface area contributed by atoms with Crippen LogP contribution in [0.1, 0.15) is 40.7 Å². The first kappa shape index (κ1) is 21.8. The second kappa shape index (κ2) is 8.88. The average Bonchev–Trinajstić information content (AvgIpc) is 2.74. The third-order valence-corrected chi connectivity index (χ3v) is 7.02. The fraction of sp³-hybridized carbons (Fsp3) is 0.350. The van der Waals surface area contributed by atoms with Gasteiger partial charge in [-0.25, -0.2) is 12.8 Å². The highest BCUT2D eigenvalue weighted by Crippen LogP contribution is 2.23. The van der Waals surface area contributed by atoms with Gasteiger partial charge < -0.3 is 5.32 Å². The van der Waals surface area contributed by atoms with Crippen molar-refractivity contribution in [1.29, 1.82) is 0 Å². The lowest BCUT2D eigenvalue weighted by atomic mass is 10.1. The fourth-order valence-electron chi connectivity index (χ4n) is 3.30. The van der Waals surface area contributed by atoms with Crippen LogP contribution in [0.3, 0.4) is 0 Å². The molecule has 0 aliphatic carbocycles. The number of hydrogen-bond donors (Lipinski definition) is 1. The Kier molecular flexibility index (Phi) is 6.47. The minimum absolute atomic E-state index is 0.0617. The van der Waals surface area contributed by atoms with Gasteiger partial charge in [-0.2, -0.15) is 4.31 Å². The number of sulfonamides is 1. The molecule has 0 bridgehead atoms. The first-order valence-corrected chi connectivity index (χ1v) is 11.0. The van der Waals surface area contributed by atoms with Gasteiger partial charge in [0.05, 0.1) is 15.4 Å². The minimum Gasteiger partial charge on any atom is -0.348 e. The lowest BCUT2D eigenvalue weighted by molar-refractivity contribution is -0.385. The maximum absolute atomic E-state index is 13.9. The maximum Gasteiger partial charge on any atom is 0.276 e. The van der Waals surface area contributed by atoms with Crippen LogP contribution in [0.15, 0.2) is 41.3 Å². The second-order valence-corrected chi connectivity index (χ2v) is 9.09. The van der Waals surface area contributed by atoms with Crippen LogP contribution in [0, 0.1) is 22.9 Å². The van der Waals surface area contributed by atoms with Crippen molar-refractivity contribution in [2.45, 2.75) is 37.6 Å². The van der Waals surface area contributed by atoms with Gasteiger partial charge in [0, 0.05) is 31.3 Å². The van der Waals surface area contributed by atoms with Gasteiger partial charge in [-0.3, -0.25) is 14.9 Å². The van der Waals surface area contributed by atoms with Crippen LogP contribution in [0.4, 0.5) is 10.1 Å². The van der Waals surface area contributed by atoms with Crippen LogP contribution in [-0.2, 0) is 16.6 Å². The monoisotopic (exact) mass is 435 g/mol. The molecule has 8 nitrogen and oxygen atoms in total. The summed E-state index contributed by atoms with van der Waals surface area (Å²) in [4.78, 5) is 22.7. The van der Waals surface area contributed by atoms with E-state index in [2.05, 4.69) is 5.32 Å². The zero-order valence-electron chi connectivity index (χ0n) is 16.4. The molecule has 0 aromatic heterocycles. The van der Waals surface area contributed by atoms with Crippen LogP contribution in [0.25, 0.3) is 0 Å². The topological polar surface area (TPSA) is 110 Å². The van der Waals surface area contributed by atoms with Gasteiger partial charge in [-0.05, 0) is 43.5 Å². The van der Waals surface area contributed by atoms with Gasteiger partial charge >= 0.3 is 0 Å². The van der Waals surface area contributed by atoms with Crippen molar-refractivity contribution >= 4 is 21.6 Å². The molecule has 1 fully saturated rings. The summed E-state index contributed by atoms with van der Waals surface area (Å²) in [5, 5.41) is 13.6. The number of halogens is 1. The van der Waals surface area contributed by atoms with Crippen molar-refractivity contribution in [2.24, 2.45) is 0 Å². The highest BCUT2D eigenvalue weighted by atomic mass is 32.2. The van der Waals surface area contributed by atoms with Gasteiger partial charge in [0.15, 0.2) is 0 Å². The molecule has 10 heteroatoms.